The Morgan fingerprint density at radius 1 is 1.19 bits per heavy atom. The lowest BCUT2D eigenvalue weighted by molar-refractivity contribution is -0.143. The third-order valence-electron chi connectivity index (χ3n) is 3.12. The van der Waals surface area contributed by atoms with Crippen LogP contribution in [-0.2, 0) is 9.53 Å². The summed E-state index contributed by atoms with van der Waals surface area (Å²) in [7, 11) is 0. The van der Waals surface area contributed by atoms with Crippen molar-refractivity contribution in [2.24, 2.45) is 5.92 Å². The van der Waals surface area contributed by atoms with Gasteiger partial charge in [0.2, 0.25) is 0 Å². The Morgan fingerprint density at radius 2 is 1.86 bits per heavy atom. The highest BCUT2D eigenvalue weighted by Gasteiger charge is 2.07. The summed E-state index contributed by atoms with van der Waals surface area (Å²) < 4.78 is 5.11. The molecule has 0 saturated carbocycles. The lowest BCUT2D eigenvalue weighted by Gasteiger charge is -2.07. The third-order valence-corrected chi connectivity index (χ3v) is 3.12. The zero-order chi connectivity index (χ0) is 15.7. The number of nitrogens with one attached hydrogen (secondary N) is 1. The molecule has 0 atom stereocenters. The van der Waals surface area contributed by atoms with Gasteiger partial charge in [-0.3, -0.25) is 9.59 Å². The van der Waals surface area contributed by atoms with Gasteiger partial charge in [-0.15, -0.1) is 0 Å². The Bertz CT molecular complexity index is 452. The fourth-order valence-corrected chi connectivity index (χ4v) is 1.83. The Balaban J connectivity index is 2.16. The molecule has 0 aliphatic heterocycles. The van der Waals surface area contributed by atoms with Gasteiger partial charge in [0.15, 0.2) is 0 Å². The van der Waals surface area contributed by atoms with Crippen LogP contribution >= 0.6 is 0 Å². The van der Waals surface area contributed by atoms with Crippen molar-refractivity contribution < 1.29 is 14.3 Å². The van der Waals surface area contributed by atoms with E-state index in [2.05, 4.69) is 19.2 Å². The average molecular weight is 291 g/mol. The summed E-state index contributed by atoms with van der Waals surface area (Å²) in [5, 5.41) is 2.72. The fraction of sp³-hybridized carbons (Fsp3) is 0.529. The molecule has 0 saturated heterocycles. The molecule has 1 aromatic rings. The largest absolute Gasteiger partial charge is 0.466 e. The van der Waals surface area contributed by atoms with Crippen LogP contribution in [0.3, 0.4) is 0 Å². The van der Waals surface area contributed by atoms with Crippen molar-refractivity contribution in [2.75, 3.05) is 13.2 Å². The molecule has 0 aliphatic carbocycles. The molecule has 0 unspecified atom stereocenters. The van der Waals surface area contributed by atoms with Crippen LogP contribution in [0.2, 0.25) is 0 Å². The first-order valence-electron chi connectivity index (χ1n) is 7.49. The van der Waals surface area contributed by atoms with Gasteiger partial charge in [0.25, 0.3) is 5.91 Å². The Labute approximate surface area is 126 Å². The Hall–Kier alpha value is -1.84. The van der Waals surface area contributed by atoms with Crippen molar-refractivity contribution in [1.29, 1.82) is 0 Å². The van der Waals surface area contributed by atoms with E-state index in [1.165, 1.54) is 0 Å². The van der Waals surface area contributed by atoms with Gasteiger partial charge in [-0.2, -0.15) is 0 Å². The first kappa shape index (κ1) is 17.2. The molecule has 0 bridgehead atoms. The van der Waals surface area contributed by atoms with Gasteiger partial charge in [-0.1, -0.05) is 31.5 Å². The molecule has 0 fully saturated rings. The standard InChI is InChI=1S/C17H25NO3/c1-13(2)5-4-12-21-16(19)10-11-18-17(20)15-8-6-14(3)7-9-15/h6-9,13H,4-5,10-12H2,1-3H3,(H,18,20). The second-order valence-electron chi connectivity index (χ2n) is 5.63. The highest BCUT2D eigenvalue weighted by atomic mass is 16.5. The lowest BCUT2D eigenvalue weighted by Crippen LogP contribution is -2.26. The number of carbonyl (C=O) groups is 2. The van der Waals surface area contributed by atoms with Crippen LogP contribution < -0.4 is 5.32 Å². The van der Waals surface area contributed by atoms with Crippen LogP contribution in [0.25, 0.3) is 0 Å². The predicted molar refractivity (Wildman–Crippen MR) is 83.2 cm³/mol. The number of hydrogen-bond donors (Lipinski definition) is 1. The molecule has 0 aliphatic rings. The zero-order valence-electron chi connectivity index (χ0n) is 13.1. The maximum atomic E-state index is 11.8. The second-order valence-corrected chi connectivity index (χ2v) is 5.63. The molecule has 116 valence electrons. The highest BCUT2D eigenvalue weighted by Crippen LogP contribution is 2.04. The van der Waals surface area contributed by atoms with Gasteiger partial charge in [0.1, 0.15) is 0 Å². The highest BCUT2D eigenvalue weighted by molar-refractivity contribution is 5.94. The van der Waals surface area contributed by atoms with Gasteiger partial charge < -0.3 is 10.1 Å². The summed E-state index contributed by atoms with van der Waals surface area (Å²) in [6, 6.07) is 7.32. The molecule has 1 rings (SSSR count). The minimum absolute atomic E-state index is 0.164. The van der Waals surface area contributed by atoms with Crippen molar-refractivity contribution in [2.45, 2.75) is 40.0 Å². The van der Waals surface area contributed by atoms with Crippen LogP contribution in [0.5, 0.6) is 0 Å². The molecule has 1 N–H and O–H groups in total. The smallest absolute Gasteiger partial charge is 0.307 e. The Kier molecular flexibility index (Phi) is 7.51. The summed E-state index contributed by atoms with van der Waals surface area (Å²) in [6.45, 7) is 7.01. The first-order valence-corrected chi connectivity index (χ1v) is 7.49. The second kappa shape index (κ2) is 9.16. The van der Waals surface area contributed by atoms with E-state index >= 15 is 0 Å². The van der Waals surface area contributed by atoms with Crippen LogP contribution in [0.1, 0.15) is 49.0 Å². The quantitative estimate of drug-likeness (QED) is 0.591. The zero-order valence-corrected chi connectivity index (χ0v) is 13.1. The number of esters is 1. The molecular formula is C17H25NO3. The predicted octanol–water partition coefficient (Wildman–Crippen LogP) is 3.09. The van der Waals surface area contributed by atoms with E-state index in [-0.39, 0.29) is 18.3 Å². The topological polar surface area (TPSA) is 55.4 Å². The summed E-state index contributed by atoms with van der Waals surface area (Å²) in [5.74, 6) is 0.197. The number of amides is 1. The molecule has 1 aromatic carbocycles. The minimum atomic E-state index is -0.261. The van der Waals surface area contributed by atoms with Crippen molar-refractivity contribution in [3.63, 3.8) is 0 Å². The Morgan fingerprint density at radius 3 is 2.48 bits per heavy atom. The minimum Gasteiger partial charge on any atom is -0.466 e. The molecule has 0 spiro atoms. The van der Waals surface area contributed by atoms with E-state index in [1.54, 1.807) is 12.1 Å². The van der Waals surface area contributed by atoms with Crippen molar-refractivity contribution >= 4 is 11.9 Å². The molecule has 0 heterocycles. The maximum Gasteiger partial charge on any atom is 0.307 e. The first-order chi connectivity index (χ1) is 9.99. The molecule has 0 radical (unpaired) electrons. The molecular weight excluding hydrogens is 266 g/mol. The number of rotatable bonds is 8. The summed E-state index contributed by atoms with van der Waals surface area (Å²) in [6.07, 6.45) is 2.15. The van der Waals surface area contributed by atoms with Crippen molar-refractivity contribution in [3.8, 4) is 0 Å². The number of aryl methyl sites for hydroxylation is 1. The van der Waals surface area contributed by atoms with E-state index < -0.39 is 0 Å². The SMILES string of the molecule is Cc1ccc(C(=O)NCCC(=O)OCCCC(C)C)cc1. The number of hydrogen-bond acceptors (Lipinski definition) is 3. The van der Waals surface area contributed by atoms with Crippen LogP contribution in [-0.4, -0.2) is 25.0 Å². The molecule has 4 nitrogen and oxygen atoms in total. The van der Waals surface area contributed by atoms with E-state index in [1.807, 2.05) is 19.1 Å². The van der Waals surface area contributed by atoms with E-state index in [4.69, 9.17) is 4.74 Å². The van der Waals surface area contributed by atoms with Gasteiger partial charge in [-0.05, 0) is 37.8 Å². The van der Waals surface area contributed by atoms with Crippen LogP contribution in [0.4, 0.5) is 0 Å². The van der Waals surface area contributed by atoms with E-state index in [0.29, 0.717) is 24.6 Å². The average Bonchev–Trinajstić information content (AvgIpc) is 2.44. The summed E-state index contributed by atoms with van der Waals surface area (Å²) >= 11 is 0. The van der Waals surface area contributed by atoms with Crippen molar-refractivity contribution in [3.05, 3.63) is 35.4 Å². The third kappa shape index (κ3) is 7.49. The van der Waals surface area contributed by atoms with Gasteiger partial charge in [0, 0.05) is 12.1 Å². The van der Waals surface area contributed by atoms with Gasteiger partial charge >= 0.3 is 5.97 Å². The van der Waals surface area contributed by atoms with E-state index in [0.717, 1.165) is 18.4 Å². The van der Waals surface area contributed by atoms with Crippen LogP contribution in [0.15, 0.2) is 24.3 Å². The van der Waals surface area contributed by atoms with Gasteiger partial charge in [-0.25, -0.2) is 0 Å². The van der Waals surface area contributed by atoms with E-state index in [9.17, 15) is 9.59 Å². The molecule has 1 amide bonds. The maximum absolute atomic E-state index is 11.8. The number of benzene rings is 1. The number of carbonyl (C=O) groups excluding carboxylic acids is 2. The van der Waals surface area contributed by atoms with Crippen LogP contribution in [0, 0.1) is 12.8 Å². The molecule has 4 heteroatoms. The fourth-order valence-electron chi connectivity index (χ4n) is 1.83. The molecule has 21 heavy (non-hydrogen) atoms. The summed E-state index contributed by atoms with van der Waals surface area (Å²) in [5.41, 5.74) is 1.71. The van der Waals surface area contributed by atoms with Gasteiger partial charge in [0.05, 0.1) is 13.0 Å². The number of ether oxygens (including phenoxy) is 1. The normalized spacial score (nSPS) is 10.5. The van der Waals surface area contributed by atoms with Crippen molar-refractivity contribution in [1.82, 2.24) is 5.32 Å². The lowest BCUT2D eigenvalue weighted by atomic mass is 10.1. The monoisotopic (exact) mass is 291 g/mol. The summed E-state index contributed by atoms with van der Waals surface area (Å²) in [4.78, 5) is 23.3. The molecule has 0 aromatic heterocycles.